The fourth-order valence-corrected chi connectivity index (χ4v) is 1.92. The third-order valence-corrected chi connectivity index (χ3v) is 2.83. The molecule has 0 saturated heterocycles. The van der Waals surface area contributed by atoms with Gasteiger partial charge in [-0.15, -0.1) is 0 Å². The fourth-order valence-electron chi connectivity index (χ4n) is 1.67. The molecule has 2 heterocycles. The van der Waals surface area contributed by atoms with Crippen molar-refractivity contribution in [3.8, 4) is 5.95 Å². The quantitative estimate of drug-likeness (QED) is 0.831. The Bertz CT molecular complexity index is 575. The molecule has 17 heavy (non-hydrogen) atoms. The standard InChI is InChI=1S/C12H16N4S/c1-7(2)10-6-11(17)16(15-10)12-13-8(3)5-9(4)14-12/h5-7,15H,1-4H3. The van der Waals surface area contributed by atoms with Crippen LogP contribution in [0.25, 0.3) is 5.95 Å². The summed E-state index contributed by atoms with van der Waals surface area (Å²) >= 11 is 5.31. The van der Waals surface area contributed by atoms with Gasteiger partial charge in [-0.1, -0.05) is 26.1 Å². The summed E-state index contributed by atoms with van der Waals surface area (Å²) in [7, 11) is 0. The van der Waals surface area contributed by atoms with Gasteiger partial charge in [-0.05, 0) is 31.9 Å². The van der Waals surface area contributed by atoms with Gasteiger partial charge in [0.2, 0.25) is 0 Å². The molecule has 0 unspecified atom stereocenters. The van der Waals surface area contributed by atoms with Gasteiger partial charge in [0.25, 0.3) is 5.95 Å². The molecular formula is C12H16N4S. The van der Waals surface area contributed by atoms with E-state index in [0.717, 1.165) is 17.1 Å². The Morgan fingerprint density at radius 3 is 2.24 bits per heavy atom. The molecule has 1 N–H and O–H groups in total. The van der Waals surface area contributed by atoms with Crippen LogP contribution < -0.4 is 0 Å². The minimum absolute atomic E-state index is 0.406. The molecule has 0 spiro atoms. The number of hydrogen-bond acceptors (Lipinski definition) is 3. The Hall–Kier alpha value is -1.49. The Labute approximate surface area is 106 Å². The summed E-state index contributed by atoms with van der Waals surface area (Å²) in [5.41, 5.74) is 2.97. The summed E-state index contributed by atoms with van der Waals surface area (Å²) in [5, 5.41) is 3.24. The van der Waals surface area contributed by atoms with Crippen molar-refractivity contribution in [2.75, 3.05) is 0 Å². The third kappa shape index (κ3) is 2.44. The number of hydrogen-bond donors (Lipinski definition) is 1. The predicted molar refractivity (Wildman–Crippen MR) is 70.1 cm³/mol. The van der Waals surface area contributed by atoms with E-state index >= 15 is 0 Å². The van der Waals surface area contributed by atoms with Gasteiger partial charge in [0, 0.05) is 17.1 Å². The number of aryl methyl sites for hydroxylation is 2. The fraction of sp³-hybridized carbons (Fsp3) is 0.417. The zero-order valence-corrected chi connectivity index (χ0v) is 11.3. The van der Waals surface area contributed by atoms with Crippen LogP contribution in [0.2, 0.25) is 0 Å². The lowest BCUT2D eigenvalue weighted by molar-refractivity contribution is 0.732. The van der Waals surface area contributed by atoms with Crippen molar-refractivity contribution in [3.63, 3.8) is 0 Å². The highest BCUT2D eigenvalue weighted by Crippen LogP contribution is 2.14. The molecule has 0 radical (unpaired) electrons. The molecule has 0 amide bonds. The normalized spacial score (nSPS) is 11.1. The lowest BCUT2D eigenvalue weighted by Crippen LogP contribution is -2.06. The summed E-state index contributed by atoms with van der Waals surface area (Å²) in [6, 6.07) is 3.90. The summed E-state index contributed by atoms with van der Waals surface area (Å²) in [6.45, 7) is 8.14. The smallest absolute Gasteiger partial charge is 0.250 e. The van der Waals surface area contributed by atoms with Crippen LogP contribution in [0.1, 0.15) is 36.8 Å². The van der Waals surface area contributed by atoms with Crippen LogP contribution in [-0.4, -0.2) is 19.7 Å². The first kappa shape index (κ1) is 12.0. The Morgan fingerprint density at radius 1 is 1.18 bits per heavy atom. The SMILES string of the molecule is Cc1cc(C)nc(-n2[nH]c(C(C)C)cc2=S)n1. The molecular weight excluding hydrogens is 232 g/mol. The minimum Gasteiger partial charge on any atom is -0.294 e. The molecule has 0 aliphatic heterocycles. The zero-order chi connectivity index (χ0) is 12.6. The highest BCUT2D eigenvalue weighted by Gasteiger charge is 2.08. The number of aromatic amines is 1. The minimum atomic E-state index is 0.406. The van der Waals surface area contributed by atoms with Gasteiger partial charge >= 0.3 is 0 Å². The molecule has 2 rings (SSSR count). The van der Waals surface area contributed by atoms with Crippen LogP contribution in [-0.2, 0) is 0 Å². The van der Waals surface area contributed by atoms with E-state index in [-0.39, 0.29) is 0 Å². The first-order valence-corrected chi connectivity index (χ1v) is 6.03. The molecule has 0 bridgehead atoms. The number of aromatic nitrogens is 4. The second-order valence-corrected chi connectivity index (χ2v) is 4.91. The lowest BCUT2D eigenvalue weighted by Gasteiger charge is -2.04. The summed E-state index contributed by atoms with van der Waals surface area (Å²) in [6.07, 6.45) is 0. The summed E-state index contributed by atoms with van der Waals surface area (Å²) in [4.78, 5) is 8.78. The second kappa shape index (κ2) is 4.41. The van der Waals surface area contributed by atoms with Crippen LogP contribution >= 0.6 is 12.2 Å². The van der Waals surface area contributed by atoms with Crippen molar-refractivity contribution in [3.05, 3.63) is 33.9 Å². The average Bonchev–Trinajstić information content (AvgIpc) is 2.59. The summed E-state index contributed by atoms with van der Waals surface area (Å²) < 4.78 is 2.46. The van der Waals surface area contributed by atoms with Crippen LogP contribution in [0.3, 0.4) is 0 Å². The Morgan fingerprint density at radius 2 is 1.76 bits per heavy atom. The molecule has 0 aliphatic rings. The number of nitrogens with one attached hydrogen (secondary N) is 1. The van der Waals surface area contributed by atoms with Crippen molar-refractivity contribution >= 4 is 12.2 Å². The molecule has 90 valence electrons. The van der Waals surface area contributed by atoms with Crippen molar-refractivity contribution in [2.24, 2.45) is 0 Å². The highest BCUT2D eigenvalue weighted by molar-refractivity contribution is 7.71. The maximum absolute atomic E-state index is 5.31. The first-order valence-electron chi connectivity index (χ1n) is 5.62. The van der Waals surface area contributed by atoms with Gasteiger partial charge < -0.3 is 0 Å². The highest BCUT2D eigenvalue weighted by atomic mass is 32.1. The molecule has 0 saturated carbocycles. The van der Waals surface area contributed by atoms with Gasteiger partial charge in [0.05, 0.1) is 0 Å². The zero-order valence-electron chi connectivity index (χ0n) is 10.5. The van der Waals surface area contributed by atoms with E-state index in [9.17, 15) is 0 Å². The maximum Gasteiger partial charge on any atom is 0.250 e. The van der Waals surface area contributed by atoms with Gasteiger partial charge in [-0.2, -0.15) is 0 Å². The van der Waals surface area contributed by atoms with E-state index in [0.29, 0.717) is 16.5 Å². The average molecular weight is 248 g/mol. The molecule has 2 aromatic rings. The van der Waals surface area contributed by atoms with Crippen molar-refractivity contribution in [2.45, 2.75) is 33.6 Å². The van der Waals surface area contributed by atoms with Crippen LogP contribution in [0.15, 0.2) is 12.1 Å². The molecule has 0 aromatic carbocycles. The summed E-state index contributed by atoms with van der Waals surface area (Å²) in [5.74, 6) is 1.02. The Balaban J connectivity index is 2.56. The van der Waals surface area contributed by atoms with Crippen LogP contribution in [0, 0.1) is 18.5 Å². The van der Waals surface area contributed by atoms with Crippen molar-refractivity contribution in [1.82, 2.24) is 19.7 Å². The van der Waals surface area contributed by atoms with Crippen molar-refractivity contribution in [1.29, 1.82) is 0 Å². The second-order valence-electron chi connectivity index (χ2n) is 4.49. The molecule has 0 atom stereocenters. The van der Waals surface area contributed by atoms with E-state index in [1.165, 1.54) is 0 Å². The largest absolute Gasteiger partial charge is 0.294 e. The van der Waals surface area contributed by atoms with E-state index in [1.807, 2.05) is 26.0 Å². The first-order chi connectivity index (χ1) is 7.97. The van der Waals surface area contributed by atoms with Crippen LogP contribution in [0.4, 0.5) is 0 Å². The predicted octanol–water partition coefficient (Wildman–Crippen LogP) is 3.07. The van der Waals surface area contributed by atoms with E-state index < -0.39 is 0 Å². The lowest BCUT2D eigenvalue weighted by atomic mass is 10.1. The molecule has 4 nitrogen and oxygen atoms in total. The van der Waals surface area contributed by atoms with Gasteiger partial charge in [0.15, 0.2) is 0 Å². The molecule has 0 aliphatic carbocycles. The molecule has 2 aromatic heterocycles. The van der Waals surface area contributed by atoms with E-state index in [1.54, 1.807) is 4.68 Å². The third-order valence-electron chi connectivity index (χ3n) is 2.53. The van der Waals surface area contributed by atoms with E-state index in [2.05, 4.69) is 28.9 Å². The number of nitrogens with zero attached hydrogens (tertiary/aromatic N) is 3. The van der Waals surface area contributed by atoms with Gasteiger partial charge in [-0.3, -0.25) is 5.10 Å². The van der Waals surface area contributed by atoms with Crippen LogP contribution in [0.5, 0.6) is 0 Å². The molecule has 0 fully saturated rings. The Kier molecular flexibility index (Phi) is 3.11. The maximum atomic E-state index is 5.31. The number of H-pyrrole nitrogens is 1. The van der Waals surface area contributed by atoms with Gasteiger partial charge in [0.1, 0.15) is 4.64 Å². The monoisotopic (exact) mass is 248 g/mol. The van der Waals surface area contributed by atoms with Crippen molar-refractivity contribution < 1.29 is 0 Å². The van der Waals surface area contributed by atoms with E-state index in [4.69, 9.17) is 12.2 Å². The van der Waals surface area contributed by atoms with Gasteiger partial charge in [-0.25, -0.2) is 14.6 Å². The number of rotatable bonds is 2. The molecule has 5 heteroatoms. The topological polar surface area (TPSA) is 46.5 Å².